The van der Waals surface area contributed by atoms with Crippen molar-refractivity contribution in [2.24, 2.45) is 0 Å². The Bertz CT molecular complexity index is 682. The zero-order valence-corrected chi connectivity index (χ0v) is 12.1. The van der Waals surface area contributed by atoms with Crippen molar-refractivity contribution in [3.8, 4) is 5.88 Å². The van der Waals surface area contributed by atoms with Crippen LogP contribution in [-0.2, 0) is 10.0 Å². The first-order valence-corrected chi connectivity index (χ1v) is 7.16. The summed E-state index contributed by atoms with van der Waals surface area (Å²) in [6.07, 6.45) is 4.06. The molecule has 0 aliphatic rings. The van der Waals surface area contributed by atoms with Gasteiger partial charge in [-0.25, -0.2) is 13.4 Å². The van der Waals surface area contributed by atoms with Gasteiger partial charge in [-0.05, 0) is 6.07 Å². The molecule has 0 aromatic carbocycles. The molecule has 8 nitrogen and oxygen atoms in total. The SMILES string of the molecule is COc1nccc(N(C)C)c1NS(=O)(=O)c1cn[nH]c1. The second kappa shape index (κ2) is 5.37. The van der Waals surface area contributed by atoms with E-state index in [0.717, 1.165) is 0 Å². The summed E-state index contributed by atoms with van der Waals surface area (Å²) in [5, 5.41) is 6.09. The van der Waals surface area contributed by atoms with Crippen molar-refractivity contribution in [1.82, 2.24) is 15.2 Å². The first-order chi connectivity index (χ1) is 9.45. The smallest absolute Gasteiger partial charge is 0.265 e. The first-order valence-electron chi connectivity index (χ1n) is 5.67. The van der Waals surface area contributed by atoms with Crippen molar-refractivity contribution in [1.29, 1.82) is 0 Å². The Morgan fingerprint density at radius 2 is 2.15 bits per heavy atom. The number of aromatic nitrogens is 3. The number of ether oxygens (including phenoxy) is 1. The lowest BCUT2D eigenvalue weighted by atomic mass is 10.3. The topological polar surface area (TPSA) is 100 Å². The highest BCUT2D eigenvalue weighted by molar-refractivity contribution is 7.92. The van der Waals surface area contributed by atoms with Crippen molar-refractivity contribution in [2.75, 3.05) is 30.8 Å². The summed E-state index contributed by atoms with van der Waals surface area (Å²) in [4.78, 5) is 5.80. The lowest BCUT2D eigenvalue weighted by molar-refractivity contribution is 0.400. The van der Waals surface area contributed by atoms with Crippen molar-refractivity contribution < 1.29 is 13.2 Å². The van der Waals surface area contributed by atoms with Gasteiger partial charge >= 0.3 is 0 Å². The number of pyridine rings is 1. The molecule has 0 spiro atoms. The Morgan fingerprint density at radius 1 is 1.40 bits per heavy atom. The van der Waals surface area contributed by atoms with Gasteiger partial charge in [-0.1, -0.05) is 0 Å². The minimum atomic E-state index is -3.75. The van der Waals surface area contributed by atoms with Crippen LogP contribution in [0, 0.1) is 0 Å². The molecule has 0 aliphatic carbocycles. The average Bonchev–Trinajstić information content (AvgIpc) is 2.93. The molecule has 2 aromatic heterocycles. The van der Waals surface area contributed by atoms with E-state index in [1.165, 1.54) is 19.5 Å². The zero-order chi connectivity index (χ0) is 14.8. The van der Waals surface area contributed by atoms with Gasteiger partial charge < -0.3 is 9.64 Å². The molecule has 0 saturated carbocycles. The van der Waals surface area contributed by atoms with Gasteiger partial charge in [-0.2, -0.15) is 5.10 Å². The molecule has 9 heteroatoms. The molecule has 0 atom stereocenters. The van der Waals surface area contributed by atoms with Crippen LogP contribution < -0.4 is 14.4 Å². The maximum atomic E-state index is 12.2. The van der Waals surface area contributed by atoms with Gasteiger partial charge in [0.05, 0.1) is 19.0 Å². The minimum absolute atomic E-state index is 0.0353. The highest BCUT2D eigenvalue weighted by Gasteiger charge is 2.21. The van der Waals surface area contributed by atoms with Crippen molar-refractivity contribution in [3.63, 3.8) is 0 Å². The summed E-state index contributed by atoms with van der Waals surface area (Å²) >= 11 is 0. The molecule has 108 valence electrons. The normalized spacial score (nSPS) is 11.2. The van der Waals surface area contributed by atoms with Gasteiger partial charge in [-0.15, -0.1) is 0 Å². The van der Waals surface area contributed by atoms with Crippen LogP contribution in [0.5, 0.6) is 5.88 Å². The molecule has 0 bridgehead atoms. The minimum Gasteiger partial charge on any atom is -0.479 e. The van der Waals surface area contributed by atoms with Crippen LogP contribution in [0.2, 0.25) is 0 Å². The van der Waals surface area contributed by atoms with E-state index in [1.807, 2.05) is 0 Å². The molecule has 0 aliphatic heterocycles. The van der Waals surface area contributed by atoms with Crippen LogP contribution in [0.4, 0.5) is 11.4 Å². The number of nitrogens with zero attached hydrogens (tertiary/aromatic N) is 3. The van der Waals surface area contributed by atoms with Gasteiger partial charge in [0.25, 0.3) is 10.0 Å². The fourth-order valence-corrected chi connectivity index (χ4v) is 2.61. The van der Waals surface area contributed by atoms with Crippen LogP contribution in [-0.4, -0.2) is 44.8 Å². The van der Waals surface area contributed by atoms with Crippen LogP contribution in [0.3, 0.4) is 0 Å². The summed E-state index contributed by atoms with van der Waals surface area (Å²) < 4.78 is 32.0. The summed E-state index contributed by atoms with van der Waals surface area (Å²) in [7, 11) is 1.27. The second-order valence-corrected chi connectivity index (χ2v) is 5.83. The van der Waals surface area contributed by atoms with Crippen molar-refractivity contribution in [2.45, 2.75) is 4.90 Å². The number of aromatic amines is 1. The molecule has 2 rings (SSSR count). The van der Waals surface area contributed by atoms with E-state index < -0.39 is 10.0 Å². The molecule has 0 radical (unpaired) electrons. The number of anilines is 2. The molecule has 2 N–H and O–H groups in total. The number of H-pyrrole nitrogens is 1. The van der Waals surface area contributed by atoms with E-state index in [4.69, 9.17) is 4.74 Å². The molecule has 0 amide bonds. The van der Waals surface area contributed by atoms with Crippen molar-refractivity contribution >= 4 is 21.4 Å². The fourth-order valence-electron chi connectivity index (χ4n) is 1.64. The van der Waals surface area contributed by atoms with Crippen LogP contribution in [0.15, 0.2) is 29.6 Å². The third-order valence-electron chi connectivity index (χ3n) is 2.59. The van der Waals surface area contributed by atoms with E-state index in [0.29, 0.717) is 5.69 Å². The number of methoxy groups -OCH3 is 1. The molecular formula is C11H15N5O3S. The first kappa shape index (κ1) is 14.1. The van der Waals surface area contributed by atoms with Crippen LogP contribution in [0.1, 0.15) is 0 Å². The molecular weight excluding hydrogens is 282 g/mol. The number of nitrogens with one attached hydrogen (secondary N) is 2. The van der Waals surface area contributed by atoms with E-state index in [-0.39, 0.29) is 16.5 Å². The highest BCUT2D eigenvalue weighted by atomic mass is 32.2. The Kier molecular flexibility index (Phi) is 3.79. The van der Waals surface area contributed by atoms with E-state index in [9.17, 15) is 8.42 Å². The van der Waals surface area contributed by atoms with Gasteiger partial charge in [0, 0.05) is 26.5 Å². The largest absolute Gasteiger partial charge is 0.479 e. The quantitative estimate of drug-likeness (QED) is 0.841. The Balaban J connectivity index is 2.48. The van der Waals surface area contributed by atoms with Gasteiger partial charge in [0.2, 0.25) is 5.88 Å². The predicted molar refractivity (Wildman–Crippen MR) is 74.5 cm³/mol. The lowest BCUT2D eigenvalue weighted by Crippen LogP contribution is -2.18. The Labute approximate surface area is 116 Å². The number of sulfonamides is 1. The third-order valence-corrected chi connectivity index (χ3v) is 3.91. The van der Waals surface area contributed by atoms with Gasteiger partial charge in [-0.3, -0.25) is 9.82 Å². The molecule has 0 fully saturated rings. The number of hydrogen-bond donors (Lipinski definition) is 2. The summed E-state index contributed by atoms with van der Waals surface area (Å²) in [5.74, 6) is 0.197. The average molecular weight is 297 g/mol. The fraction of sp³-hybridized carbons (Fsp3) is 0.273. The molecule has 2 aromatic rings. The Morgan fingerprint density at radius 3 is 2.70 bits per heavy atom. The van der Waals surface area contributed by atoms with Crippen molar-refractivity contribution in [3.05, 3.63) is 24.7 Å². The summed E-state index contributed by atoms with van der Waals surface area (Å²) in [6, 6.07) is 1.69. The molecule has 20 heavy (non-hydrogen) atoms. The standard InChI is InChI=1S/C11H15N5O3S/c1-16(2)9-4-5-12-11(19-3)10(9)15-20(17,18)8-6-13-14-7-8/h4-7,15H,1-3H3,(H,13,14). The summed E-state index contributed by atoms with van der Waals surface area (Å²) in [5.41, 5.74) is 0.921. The second-order valence-electron chi connectivity index (χ2n) is 4.15. The monoisotopic (exact) mass is 297 g/mol. The third kappa shape index (κ3) is 2.67. The summed E-state index contributed by atoms with van der Waals surface area (Å²) in [6.45, 7) is 0. The molecule has 0 unspecified atom stereocenters. The predicted octanol–water partition coefficient (Wildman–Crippen LogP) is 0.680. The molecule has 0 saturated heterocycles. The maximum absolute atomic E-state index is 12.2. The molecule has 2 heterocycles. The lowest BCUT2D eigenvalue weighted by Gasteiger charge is -2.19. The van der Waals surface area contributed by atoms with E-state index in [1.54, 1.807) is 31.3 Å². The van der Waals surface area contributed by atoms with Crippen LogP contribution in [0.25, 0.3) is 0 Å². The highest BCUT2D eigenvalue weighted by Crippen LogP contribution is 2.33. The zero-order valence-electron chi connectivity index (χ0n) is 11.3. The van der Waals surface area contributed by atoms with E-state index >= 15 is 0 Å². The van der Waals surface area contributed by atoms with Gasteiger partial charge in [0.15, 0.2) is 0 Å². The van der Waals surface area contributed by atoms with Crippen LogP contribution >= 0.6 is 0 Å². The number of hydrogen-bond acceptors (Lipinski definition) is 6. The Hall–Kier alpha value is -2.29. The van der Waals surface area contributed by atoms with E-state index in [2.05, 4.69) is 19.9 Å². The maximum Gasteiger partial charge on any atom is 0.265 e. The van der Waals surface area contributed by atoms with Gasteiger partial charge in [0.1, 0.15) is 10.6 Å². The number of rotatable bonds is 5.